The highest BCUT2D eigenvalue weighted by molar-refractivity contribution is 9.10. The number of carbonyl (C=O) groups is 1. The molecule has 112 valence electrons. The summed E-state index contributed by atoms with van der Waals surface area (Å²) in [6.07, 6.45) is 1.54. The van der Waals surface area contributed by atoms with Crippen molar-refractivity contribution in [2.45, 2.75) is 31.3 Å². The first-order valence-electron chi connectivity index (χ1n) is 6.45. The second kappa shape index (κ2) is 7.41. The second-order valence-electron chi connectivity index (χ2n) is 4.98. The molecule has 0 saturated carbocycles. The summed E-state index contributed by atoms with van der Waals surface area (Å²) in [7, 11) is 0. The standard InChI is InChI=1S/C14H19BrN2O2.ClH/c1-10(16)13(18)17-14(6-8-19-9-7-14)11-2-4-12(15)5-3-11;/h2-5,10H,6-9,16H2,1H3,(H,17,18);1H/t10-;/m0./s1. The van der Waals surface area contributed by atoms with Crippen molar-refractivity contribution in [3.8, 4) is 0 Å². The van der Waals surface area contributed by atoms with E-state index in [2.05, 4.69) is 21.2 Å². The van der Waals surface area contributed by atoms with Crippen molar-refractivity contribution in [1.29, 1.82) is 0 Å². The molecule has 1 aromatic rings. The zero-order valence-corrected chi connectivity index (χ0v) is 13.8. The fraction of sp³-hybridized carbons (Fsp3) is 0.500. The molecular formula is C14H20BrClN2O2. The number of carbonyl (C=O) groups excluding carboxylic acids is 1. The van der Waals surface area contributed by atoms with Gasteiger partial charge in [-0.15, -0.1) is 12.4 Å². The van der Waals surface area contributed by atoms with Crippen LogP contribution in [0.5, 0.6) is 0 Å². The quantitative estimate of drug-likeness (QED) is 0.866. The molecule has 0 unspecified atom stereocenters. The third-order valence-corrected chi connectivity index (χ3v) is 4.05. The molecular weight excluding hydrogens is 344 g/mol. The Morgan fingerprint density at radius 3 is 2.40 bits per heavy atom. The molecule has 1 heterocycles. The highest BCUT2D eigenvalue weighted by atomic mass is 79.9. The van der Waals surface area contributed by atoms with Gasteiger partial charge in [-0.3, -0.25) is 4.79 Å². The number of rotatable bonds is 3. The molecule has 1 aliphatic rings. The molecule has 6 heteroatoms. The number of ether oxygens (including phenoxy) is 1. The van der Waals surface area contributed by atoms with Crippen LogP contribution in [0.2, 0.25) is 0 Å². The van der Waals surface area contributed by atoms with Crippen LogP contribution in [0.15, 0.2) is 28.7 Å². The van der Waals surface area contributed by atoms with Crippen molar-refractivity contribution < 1.29 is 9.53 Å². The highest BCUT2D eigenvalue weighted by Gasteiger charge is 2.36. The summed E-state index contributed by atoms with van der Waals surface area (Å²) in [5.41, 5.74) is 6.41. The van der Waals surface area contributed by atoms with E-state index in [0.717, 1.165) is 22.9 Å². The van der Waals surface area contributed by atoms with Crippen LogP contribution >= 0.6 is 28.3 Å². The number of amides is 1. The van der Waals surface area contributed by atoms with E-state index in [-0.39, 0.29) is 23.9 Å². The smallest absolute Gasteiger partial charge is 0.237 e. The number of nitrogens with two attached hydrogens (primary N) is 1. The van der Waals surface area contributed by atoms with Gasteiger partial charge in [-0.1, -0.05) is 28.1 Å². The van der Waals surface area contributed by atoms with Crippen LogP contribution in [0.3, 0.4) is 0 Å². The Hall–Kier alpha value is -0.620. The summed E-state index contributed by atoms with van der Waals surface area (Å²) in [6, 6.07) is 7.55. The van der Waals surface area contributed by atoms with Crippen LogP contribution in [-0.2, 0) is 15.1 Å². The fourth-order valence-corrected chi connectivity index (χ4v) is 2.59. The summed E-state index contributed by atoms with van der Waals surface area (Å²) in [5.74, 6) is -0.121. The van der Waals surface area contributed by atoms with Gasteiger partial charge in [0.1, 0.15) is 0 Å². The molecule has 2 rings (SSSR count). The lowest BCUT2D eigenvalue weighted by atomic mass is 9.82. The first-order valence-corrected chi connectivity index (χ1v) is 7.24. The number of hydrogen-bond acceptors (Lipinski definition) is 3. The summed E-state index contributed by atoms with van der Waals surface area (Å²) < 4.78 is 6.45. The molecule has 1 saturated heterocycles. The Morgan fingerprint density at radius 2 is 1.90 bits per heavy atom. The molecule has 0 bridgehead atoms. The van der Waals surface area contributed by atoms with Gasteiger partial charge in [-0.05, 0) is 37.5 Å². The first kappa shape index (κ1) is 17.4. The Morgan fingerprint density at radius 1 is 1.35 bits per heavy atom. The molecule has 1 fully saturated rings. The average molecular weight is 364 g/mol. The van der Waals surface area contributed by atoms with Crippen molar-refractivity contribution in [2.24, 2.45) is 5.73 Å². The van der Waals surface area contributed by atoms with E-state index >= 15 is 0 Å². The van der Waals surface area contributed by atoms with Crippen molar-refractivity contribution >= 4 is 34.2 Å². The minimum Gasteiger partial charge on any atom is -0.381 e. The van der Waals surface area contributed by atoms with Gasteiger partial charge in [0.2, 0.25) is 5.91 Å². The van der Waals surface area contributed by atoms with Crippen molar-refractivity contribution in [2.75, 3.05) is 13.2 Å². The van der Waals surface area contributed by atoms with Gasteiger partial charge in [0.15, 0.2) is 0 Å². The lowest BCUT2D eigenvalue weighted by Crippen LogP contribution is -2.53. The molecule has 0 aromatic heterocycles. The number of halogens is 2. The van der Waals surface area contributed by atoms with E-state index in [1.807, 2.05) is 24.3 Å². The monoisotopic (exact) mass is 362 g/mol. The predicted octanol–water partition coefficient (Wildman–Crippen LogP) is 2.34. The van der Waals surface area contributed by atoms with Crippen LogP contribution < -0.4 is 11.1 Å². The number of hydrogen-bond donors (Lipinski definition) is 2. The van der Waals surface area contributed by atoms with Crippen LogP contribution in [-0.4, -0.2) is 25.2 Å². The molecule has 1 amide bonds. The van der Waals surface area contributed by atoms with Crippen LogP contribution in [0, 0.1) is 0 Å². The van der Waals surface area contributed by atoms with Gasteiger partial charge in [-0.25, -0.2) is 0 Å². The highest BCUT2D eigenvalue weighted by Crippen LogP contribution is 2.32. The largest absolute Gasteiger partial charge is 0.381 e. The number of nitrogens with one attached hydrogen (secondary N) is 1. The van der Waals surface area contributed by atoms with Gasteiger partial charge < -0.3 is 15.8 Å². The normalized spacial score (nSPS) is 18.8. The van der Waals surface area contributed by atoms with Crippen LogP contribution in [0.25, 0.3) is 0 Å². The van der Waals surface area contributed by atoms with E-state index in [0.29, 0.717) is 13.2 Å². The van der Waals surface area contributed by atoms with Crippen LogP contribution in [0.4, 0.5) is 0 Å². The van der Waals surface area contributed by atoms with E-state index in [1.165, 1.54) is 0 Å². The Labute approximate surface area is 134 Å². The Balaban J connectivity index is 0.00000200. The molecule has 0 spiro atoms. The van der Waals surface area contributed by atoms with Crippen LogP contribution in [0.1, 0.15) is 25.3 Å². The Bertz CT molecular complexity index is 445. The zero-order valence-electron chi connectivity index (χ0n) is 11.4. The minimum atomic E-state index is -0.504. The maximum atomic E-state index is 12.0. The Kier molecular flexibility index (Phi) is 6.45. The molecule has 1 aromatic carbocycles. The summed E-state index contributed by atoms with van der Waals surface area (Å²) in [4.78, 5) is 12.0. The topological polar surface area (TPSA) is 64.4 Å². The molecule has 20 heavy (non-hydrogen) atoms. The summed E-state index contributed by atoms with van der Waals surface area (Å²) in [6.45, 7) is 2.99. The summed E-state index contributed by atoms with van der Waals surface area (Å²) >= 11 is 3.43. The lowest BCUT2D eigenvalue weighted by molar-refractivity contribution is -0.125. The molecule has 1 aliphatic heterocycles. The van der Waals surface area contributed by atoms with Gasteiger partial charge >= 0.3 is 0 Å². The van der Waals surface area contributed by atoms with Crippen molar-refractivity contribution in [3.63, 3.8) is 0 Å². The molecule has 1 atom stereocenters. The molecule has 0 aliphatic carbocycles. The first-order chi connectivity index (χ1) is 9.03. The fourth-order valence-electron chi connectivity index (χ4n) is 2.32. The van der Waals surface area contributed by atoms with Gasteiger partial charge in [0.05, 0.1) is 11.6 Å². The average Bonchev–Trinajstić information content (AvgIpc) is 2.40. The number of benzene rings is 1. The lowest BCUT2D eigenvalue weighted by Gasteiger charge is -2.39. The third kappa shape index (κ3) is 3.95. The van der Waals surface area contributed by atoms with E-state index in [4.69, 9.17) is 10.5 Å². The molecule has 3 N–H and O–H groups in total. The van der Waals surface area contributed by atoms with Crippen molar-refractivity contribution in [3.05, 3.63) is 34.3 Å². The van der Waals surface area contributed by atoms with E-state index in [9.17, 15) is 4.79 Å². The zero-order chi connectivity index (χ0) is 13.9. The molecule has 0 radical (unpaired) electrons. The molecule has 4 nitrogen and oxygen atoms in total. The SMILES string of the molecule is C[C@H](N)C(=O)NC1(c2ccc(Br)cc2)CCOCC1.Cl. The van der Waals surface area contributed by atoms with E-state index < -0.39 is 6.04 Å². The maximum Gasteiger partial charge on any atom is 0.237 e. The predicted molar refractivity (Wildman–Crippen MR) is 84.9 cm³/mol. The van der Waals surface area contributed by atoms with Gasteiger partial charge in [0.25, 0.3) is 0 Å². The van der Waals surface area contributed by atoms with Crippen molar-refractivity contribution in [1.82, 2.24) is 5.32 Å². The third-order valence-electron chi connectivity index (χ3n) is 3.52. The second-order valence-corrected chi connectivity index (χ2v) is 5.89. The maximum absolute atomic E-state index is 12.0. The summed E-state index contributed by atoms with van der Waals surface area (Å²) in [5, 5.41) is 3.11. The van der Waals surface area contributed by atoms with Gasteiger partial charge in [0, 0.05) is 17.7 Å². The minimum absolute atomic E-state index is 0. The van der Waals surface area contributed by atoms with Gasteiger partial charge in [-0.2, -0.15) is 0 Å². The van der Waals surface area contributed by atoms with E-state index in [1.54, 1.807) is 6.92 Å².